The second kappa shape index (κ2) is 19.6. The maximum atomic E-state index is 15.9. The number of aliphatic hydroxyl groups is 2. The number of nitrogens with two attached hydrogens (primary N) is 1. The Morgan fingerprint density at radius 1 is 0.878 bits per heavy atom. The van der Waals surface area contributed by atoms with Crippen molar-refractivity contribution in [2.75, 3.05) is 20.3 Å². The molecule has 15 bridgehead atoms. The summed E-state index contributed by atoms with van der Waals surface area (Å²) in [7, 11) is 1.88. The minimum absolute atomic E-state index is 0.0508. The molecule has 0 radical (unpaired) electrons. The molecule has 7 N–H and O–H groups in total. The molecule has 5 saturated carbocycles. The molecule has 10 heteroatoms. The third kappa shape index (κ3) is 7.89. The summed E-state index contributed by atoms with van der Waals surface area (Å²) in [5.74, 6) is 7.58. The summed E-state index contributed by atoms with van der Waals surface area (Å²) in [5.41, 5.74) is 14.4. The molecule has 1 aliphatic heterocycles. The number of ether oxygens (including phenoxy) is 2. The highest BCUT2D eigenvalue weighted by atomic mass is 16.5. The molecule has 14 atom stereocenters. The van der Waals surface area contributed by atoms with Gasteiger partial charge in [0.05, 0.1) is 36.5 Å². The number of carbonyl (C=O) groups excluding carboxylic acids is 1. The maximum Gasteiger partial charge on any atom is 0.189 e. The number of ketones is 1. The van der Waals surface area contributed by atoms with E-state index in [1.807, 2.05) is 13.2 Å². The van der Waals surface area contributed by atoms with Gasteiger partial charge < -0.3 is 41.0 Å². The molecule has 3 aromatic rings. The average molecular weight is 1100 g/mol. The Balaban J connectivity index is 1.06. The van der Waals surface area contributed by atoms with Crippen LogP contribution in [0.2, 0.25) is 0 Å². The third-order valence-corrected chi connectivity index (χ3v) is 23.9. The van der Waals surface area contributed by atoms with Crippen LogP contribution in [0.25, 0.3) is 0 Å². The molecule has 82 heavy (non-hydrogen) atoms. The second-order valence-electron chi connectivity index (χ2n) is 28.1. The summed E-state index contributed by atoms with van der Waals surface area (Å²) in [5, 5.41) is 53.2. The maximum absolute atomic E-state index is 15.9. The highest BCUT2D eigenvalue weighted by Gasteiger charge is 2.69. The smallest absolute Gasteiger partial charge is 0.189 e. The number of aliphatic hydroxyl groups excluding tert-OH is 2. The number of fused-ring (bicyclic) bond motifs is 9. The number of guanidine groups is 1. The van der Waals surface area contributed by atoms with Crippen LogP contribution in [0.15, 0.2) is 113 Å². The van der Waals surface area contributed by atoms with Crippen molar-refractivity contribution in [3.05, 3.63) is 147 Å². The zero-order chi connectivity index (χ0) is 55.9. The van der Waals surface area contributed by atoms with E-state index >= 15 is 4.79 Å². The van der Waals surface area contributed by atoms with Gasteiger partial charge in [0, 0.05) is 70.7 Å². The average Bonchev–Trinajstić information content (AvgIpc) is 0.880. The molecule has 1 heterocycles. The zero-order valence-corrected chi connectivity index (χ0v) is 48.1. The Morgan fingerprint density at radius 2 is 1.72 bits per heavy atom. The van der Waals surface area contributed by atoms with E-state index in [0.29, 0.717) is 37.4 Å². The summed E-state index contributed by atoms with van der Waals surface area (Å²) in [4.78, 5) is 21.6. The third-order valence-electron chi connectivity index (χ3n) is 23.9. The zero-order valence-electron chi connectivity index (χ0n) is 48.1. The molecule has 14 unspecified atom stereocenters. The molecular weight excluding hydrogens is 1020 g/mol. The number of phenols is 2. The lowest BCUT2D eigenvalue weighted by molar-refractivity contribution is -0.130. The summed E-state index contributed by atoms with van der Waals surface area (Å²) in [6.07, 6.45) is 33.2. The van der Waals surface area contributed by atoms with E-state index in [2.05, 4.69) is 109 Å². The molecule has 0 saturated heterocycles. The Kier molecular flexibility index (Phi) is 12.7. The number of hydrogen-bond acceptors (Lipinski definition) is 10. The molecule has 428 valence electrons. The van der Waals surface area contributed by atoms with Gasteiger partial charge in [-0.15, -0.1) is 0 Å². The minimum atomic E-state index is -0.744. The van der Waals surface area contributed by atoms with Gasteiger partial charge in [-0.1, -0.05) is 116 Å². The van der Waals surface area contributed by atoms with Gasteiger partial charge in [-0.2, -0.15) is 0 Å². The first kappa shape index (κ1) is 52.9. The fourth-order valence-electron chi connectivity index (χ4n) is 20.7. The summed E-state index contributed by atoms with van der Waals surface area (Å²) in [6, 6.07) is 17.2. The van der Waals surface area contributed by atoms with Crippen molar-refractivity contribution in [1.29, 1.82) is 0 Å². The van der Waals surface area contributed by atoms with Crippen molar-refractivity contribution in [3.8, 4) is 29.1 Å². The first-order valence-electron chi connectivity index (χ1n) is 31.7. The molecule has 12 aliphatic rings. The number of methoxy groups -OCH3 is 1. The quantitative estimate of drug-likeness (QED) is 0.108. The van der Waals surface area contributed by atoms with Crippen LogP contribution in [0.1, 0.15) is 180 Å². The van der Waals surface area contributed by atoms with Crippen LogP contribution in [-0.4, -0.2) is 70.2 Å². The number of carbonyl (C=O) groups is 1. The van der Waals surface area contributed by atoms with Crippen LogP contribution in [0.4, 0.5) is 0 Å². The number of allylic oxidation sites excluding steroid dienone is 6. The van der Waals surface area contributed by atoms with E-state index in [9.17, 15) is 20.4 Å². The minimum Gasteiger partial charge on any atom is -0.508 e. The number of aromatic hydroxyl groups is 2. The number of rotatable bonds is 5. The van der Waals surface area contributed by atoms with E-state index in [1.165, 1.54) is 23.1 Å². The lowest BCUT2D eigenvalue weighted by Crippen LogP contribution is -2.63. The van der Waals surface area contributed by atoms with Crippen LogP contribution < -0.4 is 15.8 Å². The Hall–Kier alpha value is -5.86. The molecule has 0 aromatic heterocycles. The molecule has 3 aromatic carbocycles. The van der Waals surface area contributed by atoms with Gasteiger partial charge in [0.25, 0.3) is 0 Å². The van der Waals surface area contributed by atoms with Gasteiger partial charge in [-0.05, 0) is 183 Å². The number of hydrogen-bond donors (Lipinski definition) is 6. The SMILES string of the molecule is COC12C=CC3C4CC#Cc5c6cc(OC7CCCC7)c(O)c5C5C1C3C=C1C(C=CC3CC7CC8(CO)C=CCCC8C(CO)=C7C(=O)CC63)(CC(C)CC15CC2)c1cc(O)cc(c1)Cc1cccc(c1)C1(CCCCC1)NC(N)=N4. The van der Waals surface area contributed by atoms with E-state index in [0.717, 1.165) is 129 Å². The van der Waals surface area contributed by atoms with Crippen molar-refractivity contribution in [2.45, 2.75) is 176 Å². The van der Waals surface area contributed by atoms with Gasteiger partial charge in [0.1, 0.15) is 5.75 Å². The van der Waals surface area contributed by atoms with Gasteiger partial charge in [0.15, 0.2) is 23.2 Å². The number of benzene rings is 3. The first-order chi connectivity index (χ1) is 39.8. The molecule has 2 spiro atoms. The molecule has 15 rings (SSSR count). The number of phenolic OH excluding ortho intramolecular Hbond substituents is 2. The van der Waals surface area contributed by atoms with Gasteiger partial charge >= 0.3 is 0 Å². The van der Waals surface area contributed by atoms with Crippen molar-refractivity contribution in [2.24, 2.45) is 63.0 Å². The van der Waals surface area contributed by atoms with Crippen LogP contribution in [-0.2, 0) is 26.9 Å². The highest BCUT2D eigenvalue weighted by Crippen LogP contribution is 2.75. The van der Waals surface area contributed by atoms with E-state index in [-0.39, 0.29) is 96.4 Å². The summed E-state index contributed by atoms with van der Waals surface area (Å²) < 4.78 is 14.3. The summed E-state index contributed by atoms with van der Waals surface area (Å²) >= 11 is 0. The molecule has 5 fully saturated rings. The van der Waals surface area contributed by atoms with Crippen molar-refractivity contribution in [1.82, 2.24) is 5.32 Å². The fourth-order valence-corrected chi connectivity index (χ4v) is 20.7. The van der Waals surface area contributed by atoms with Crippen molar-refractivity contribution >= 4 is 11.7 Å². The van der Waals surface area contributed by atoms with Crippen LogP contribution in [0.5, 0.6) is 17.2 Å². The molecule has 11 aliphatic carbocycles. The van der Waals surface area contributed by atoms with Gasteiger partial charge in [0.2, 0.25) is 0 Å². The number of aliphatic imine (C=N–C) groups is 1. The lowest BCUT2D eigenvalue weighted by atomic mass is 9.37. The first-order valence-corrected chi connectivity index (χ1v) is 31.7. The monoisotopic (exact) mass is 1100 g/mol. The Bertz CT molecular complexity index is 3400. The Morgan fingerprint density at radius 3 is 2.54 bits per heavy atom. The van der Waals surface area contributed by atoms with Gasteiger partial charge in [-0.25, -0.2) is 4.99 Å². The van der Waals surface area contributed by atoms with Crippen LogP contribution in [0.3, 0.4) is 0 Å². The molecule has 10 nitrogen and oxygen atoms in total. The van der Waals surface area contributed by atoms with Crippen LogP contribution in [0, 0.1) is 64.1 Å². The molecular formula is C72H83N3O7. The second-order valence-corrected chi connectivity index (χ2v) is 28.1. The van der Waals surface area contributed by atoms with E-state index < -0.39 is 33.3 Å². The summed E-state index contributed by atoms with van der Waals surface area (Å²) in [6.45, 7) is 2.14. The number of Topliss-reactive ketones (excluding diaryl/α,β-unsaturated/α-hetero) is 1. The topological polar surface area (TPSA) is 167 Å². The standard InChI is InChI=1S/C72H83N3O7/c1-42-37-69-24-19-45-32-46-39-68(41-77)21-9-6-17-57(68)56(40-76)62(46)59(79)34-53(45)54-35-60(82-50-14-4-5-15-50)66(80)63-52(54)16-11-18-58(51-20-25-72(81-2)27-26-70(38-42)61(69)36-55(51)64(72)65(63)70)74-67(73)75-71(22-7-3-8-23-71)47-13-10-12-43(29-47)28-44-30-48(69)33-49(78)31-44/h9-10,12-13,19-21,24-25,29-31,33,35-36,42,45-46,50-51,53,55,57-58,64-65,76-78,80H,3-8,14-15,17-18,22-23,26-28,32,34,37-41H2,1-2H3,(H3,73,74,75). The fraction of sp³-hybridized carbons (Fsp3) is 0.556. The van der Waals surface area contributed by atoms with E-state index in [4.69, 9.17) is 20.2 Å². The van der Waals surface area contributed by atoms with Crippen LogP contribution >= 0.6 is 0 Å². The van der Waals surface area contributed by atoms with E-state index in [1.54, 1.807) is 0 Å². The van der Waals surface area contributed by atoms with Crippen molar-refractivity contribution < 1.29 is 34.7 Å². The van der Waals surface area contributed by atoms with Crippen molar-refractivity contribution in [3.63, 3.8) is 0 Å². The normalized spacial score (nSPS) is 38.1. The molecule has 0 amide bonds. The number of nitrogens with one attached hydrogen (secondary N) is 1. The lowest BCUT2D eigenvalue weighted by Gasteiger charge is -2.67. The highest BCUT2D eigenvalue weighted by molar-refractivity contribution is 5.98. The largest absolute Gasteiger partial charge is 0.508 e. The predicted octanol–water partition coefficient (Wildman–Crippen LogP) is 12.1. The van der Waals surface area contributed by atoms with Gasteiger partial charge in [-0.3, -0.25) is 4.79 Å². The predicted molar refractivity (Wildman–Crippen MR) is 318 cm³/mol. The number of nitrogens with zero attached hydrogens (tertiary/aromatic N) is 1. The Labute approximate surface area is 484 Å².